The number of nitrogens with zero attached hydrogens (tertiary/aromatic N) is 2. The molecule has 3 aliphatic rings. The van der Waals surface area contributed by atoms with E-state index < -0.39 is 23.8 Å². The number of fused-ring (bicyclic) bond motifs is 3. The van der Waals surface area contributed by atoms with Crippen molar-refractivity contribution in [2.45, 2.75) is 31.5 Å². The largest absolute Gasteiger partial charge is 0.396 e. The third-order valence-electron chi connectivity index (χ3n) is 7.29. The van der Waals surface area contributed by atoms with E-state index in [1.165, 1.54) is 13.2 Å². The maximum atomic E-state index is 14.4. The lowest BCUT2D eigenvalue weighted by Gasteiger charge is -2.31. The minimum atomic E-state index is -0.819. The fraction of sp³-hybridized carbons (Fsp3) is 0.480. The molecule has 2 aliphatic heterocycles. The minimum absolute atomic E-state index is 0.114. The minimum Gasteiger partial charge on any atom is -0.396 e. The van der Waals surface area contributed by atoms with Crippen molar-refractivity contribution < 1.29 is 23.8 Å². The van der Waals surface area contributed by atoms with Gasteiger partial charge in [0.1, 0.15) is 11.9 Å². The van der Waals surface area contributed by atoms with Crippen LogP contribution in [0.15, 0.2) is 41.2 Å². The van der Waals surface area contributed by atoms with Gasteiger partial charge in [0.25, 0.3) is 5.56 Å². The highest BCUT2D eigenvalue weighted by atomic mass is 19.1. The van der Waals surface area contributed by atoms with Crippen molar-refractivity contribution in [1.29, 1.82) is 0 Å². The Bertz CT molecular complexity index is 1180. The van der Waals surface area contributed by atoms with Crippen molar-refractivity contribution in [3.05, 3.63) is 58.3 Å². The first-order valence-electron chi connectivity index (χ1n) is 11.7. The van der Waals surface area contributed by atoms with Gasteiger partial charge in [0, 0.05) is 55.8 Å². The maximum Gasteiger partial charge on any atom is 0.258 e. The van der Waals surface area contributed by atoms with E-state index in [-0.39, 0.29) is 53.5 Å². The summed E-state index contributed by atoms with van der Waals surface area (Å²) in [7, 11) is 1.54. The smallest absolute Gasteiger partial charge is 0.258 e. The first-order valence-corrected chi connectivity index (χ1v) is 11.7. The Labute approximate surface area is 196 Å². The van der Waals surface area contributed by atoms with Gasteiger partial charge in [-0.05, 0) is 31.0 Å². The number of amides is 2. The number of aliphatic hydroxyl groups excluding tert-OH is 1. The summed E-state index contributed by atoms with van der Waals surface area (Å²) in [6.45, 7) is 0.596. The number of hydrogen-bond donors (Lipinski definition) is 2. The third kappa shape index (κ3) is 3.63. The molecule has 1 saturated carbocycles. The Morgan fingerprint density at radius 1 is 1.18 bits per heavy atom. The molecule has 34 heavy (non-hydrogen) atoms. The average molecular weight is 470 g/mol. The van der Waals surface area contributed by atoms with Gasteiger partial charge in [0.05, 0.1) is 18.2 Å². The molecule has 0 spiro atoms. The molecule has 5 rings (SSSR count). The molecule has 2 fully saturated rings. The second-order valence-electron chi connectivity index (χ2n) is 9.27. The van der Waals surface area contributed by atoms with E-state index in [1.54, 1.807) is 39.8 Å². The highest BCUT2D eigenvalue weighted by Crippen LogP contribution is 2.51. The molecule has 4 atom stereocenters. The zero-order valence-electron chi connectivity index (χ0n) is 18.9. The molecular formula is C25H28FN3O5. The first kappa shape index (κ1) is 22.7. The van der Waals surface area contributed by atoms with E-state index in [0.717, 1.165) is 12.8 Å². The van der Waals surface area contributed by atoms with E-state index in [4.69, 9.17) is 4.74 Å². The van der Waals surface area contributed by atoms with Crippen LogP contribution >= 0.6 is 0 Å². The fourth-order valence-corrected chi connectivity index (χ4v) is 5.54. The molecule has 1 saturated heterocycles. The van der Waals surface area contributed by atoms with E-state index in [2.05, 4.69) is 5.32 Å². The van der Waals surface area contributed by atoms with Crippen LogP contribution in [0.2, 0.25) is 0 Å². The molecule has 1 aromatic carbocycles. The van der Waals surface area contributed by atoms with Crippen LogP contribution in [-0.2, 0) is 20.9 Å². The van der Waals surface area contributed by atoms with Crippen molar-refractivity contribution in [3.63, 3.8) is 0 Å². The monoisotopic (exact) mass is 469 g/mol. The van der Waals surface area contributed by atoms with E-state index >= 15 is 0 Å². The second-order valence-corrected chi connectivity index (χ2v) is 9.27. The average Bonchev–Trinajstić information content (AvgIpc) is 3.54. The van der Waals surface area contributed by atoms with Gasteiger partial charge in [-0.15, -0.1) is 0 Å². The summed E-state index contributed by atoms with van der Waals surface area (Å²) in [5.41, 5.74) is 0.750. The van der Waals surface area contributed by atoms with Crippen LogP contribution in [0.5, 0.6) is 0 Å². The highest BCUT2D eigenvalue weighted by molar-refractivity contribution is 5.91. The van der Waals surface area contributed by atoms with Crippen molar-refractivity contribution in [2.75, 3.05) is 26.9 Å². The second kappa shape index (κ2) is 8.96. The van der Waals surface area contributed by atoms with Crippen LogP contribution in [0.4, 0.5) is 4.39 Å². The molecule has 180 valence electrons. The van der Waals surface area contributed by atoms with E-state index in [0.29, 0.717) is 18.8 Å². The van der Waals surface area contributed by atoms with Gasteiger partial charge in [-0.25, -0.2) is 4.39 Å². The van der Waals surface area contributed by atoms with Crippen LogP contribution in [0.25, 0.3) is 11.1 Å². The lowest BCUT2D eigenvalue weighted by molar-refractivity contribution is -0.142. The summed E-state index contributed by atoms with van der Waals surface area (Å²) < 4.78 is 21.0. The number of benzene rings is 1. The summed E-state index contributed by atoms with van der Waals surface area (Å²) >= 11 is 0. The third-order valence-corrected chi connectivity index (χ3v) is 7.29. The number of nitrogens with one attached hydrogen (secondary N) is 1. The molecule has 1 aromatic heterocycles. The van der Waals surface area contributed by atoms with Crippen molar-refractivity contribution in [2.24, 2.45) is 17.8 Å². The zero-order chi connectivity index (χ0) is 24.0. The topological polar surface area (TPSA) is 101 Å². The number of aliphatic hydroxyl groups is 1. The number of carbonyl (C=O) groups is 2. The molecule has 0 bridgehead atoms. The summed E-state index contributed by atoms with van der Waals surface area (Å²) in [4.78, 5) is 41.5. The van der Waals surface area contributed by atoms with Crippen LogP contribution in [-0.4, -0.2) is 59.3 Å². The van der Waals surface area contributed by atoms with Gasteiger partial charge in [-0.2, -0.15) is 0 Å². The molecule has 2 N–H and O–H groups in total. The molecule has 2 amide bonds. The molecular weight excluding hydrogens is 441 g/mol. The summed E-state index contributed by atoms with van der Waals surface area (Å²) in [5, 5.41) is 13.1. The lowest BCUT2D eigenvalue weighted by Crippen LogP contribution is -2.51. The Balaban J connectivity index is 1.55. The van der Waals surface area contributed by atoms with E-state index in [1.807, 2.05) is 0 Å². The first-order chi connectivity index (χ1) is 16.5. The Kier molecular flexibility index (Phi) is 5.99. The molecule has 8 nitrogen and oxygen atoms in total. The number of halogens is 1. The highest BCUT2D eigenvalue weighted by Gasteiger charge is 2.58. The van der Waals surface area contributed by atoms with Crippen molar-refractivity contribution >= 4 is 11.8 Å². The number of rotatable bonds is 7. The predicted octanol–water partition coefficient (Wildman–Crippen LogP) is 1.32. The molecule has 1 aliphatic carbocycles. The van der Waals surface area contributed by atoms with Gasteiger partial charge in [-0.1, -0.05) is 18.2 Å². The predicted molar refractivity (Wildman–Crippen MR) is 121 cm³/mol. The number of pyridine rings is 1. The van der Waals surface area contributed by atoms with Crippen LogP contribution in [0.3, 0.4) is 0 Å². The van der Waals surface area contributed by atoms with Gasteiger partial charge in [0.15, 0.2) is 0 Å². The van der Waals surface area contributed by atoms with Gasteiger partial charge in [0.2, 0.25) is 11.8 Å². The molecule has 0 unspecified atom stereocenters. The van der Waals surface area contributed by atoms with Gasteiger partial charge >= 0.3 is 0 Å². The summed E-state index contributed by atoms with van der Waals surface area (Å²) in [6, 6.07) is 8.15. The van der Waals surface area contributed by atoms with Crippen molar-refractivity contribution in [3.8, 4) is 11.1 Å². The number of hydrogen-bond acceptors (Lipinski definition) is 5. The SMILES string of the molecule is COCCNC(=O)[C@@H]1[C@@H](CO)[C@@H]2Cn3c(ccc(-c4ccccc4F)c3=O)[C@@H]2N1C(=O)C1CC1. The number of aromatic nitrogens is 1. The Morgan fingerprint density at radius 3 is 2.62 bits per heavy atom. The molecule has 2 aromatic rings. The normalized spacial score (nSPS) is 25.2. The lowest BCUT2D eigenvalue weighted by atomic mass is 9.88. The number of methoxy groups -OCH3 is 1. The molecule has 0 radical (unpaired) electrons. The van der Waals surface area contributed by atoms with Gasteiger partial charge in [-0.3, -0.25) is 14.4 Å². The number of carbonyl (C=O) groups excluding carboxylic acids is 2. The van der Waals surface area contributed by atoms with Crippen LogP contribution < -0.4 is 10.9 Å². The van der Waals surface area contributed by atoms with Crippen molar-refractivity contribution in [1.82, 2.24) is 14.8 Å². The van der Waals surface area contributed by atoms with Crippen LogP contribution in [0, 0.1) is 23.6 Å². The molecule has 9 heteroatoms. The number of ether oxygens (including phenoxy) is 1. The summed E-state index contributed by atoms with van der Waals surface area (Å²) in [5.74, 6) is -1.87. The number of likely N-dealkylation sites (tertiary alicyclic amines) is 1. The Hall–Kier alpha value is -3.04. The Morgan fingerprint density at radius 2 is 1.94 bits per heavy atom. The fourth-order valence-electron chi connectivity index (χ4n) is 5.54. The van der Waals surface area contributed by atoms with Crippen LogP contribution in [0.1, 0.15) is 24.6 Å². The standard InChI is InChI=1S/C25H28FN3O5/c1-34-11-10-27-23(31)22-18(13-30)17-12-28-20(21(17)29(22)24(32)14-6-7-14)9-8-16(25(28)33)15-4-2-3-5-19(15)26/h2-5,8-9,14,17-18,21-22,30H,6-7,10-13H2,1H3,(H,27,31)/t17-,18-,21+,22-/m0/s1. The van der Waals surface area contributed by atoms with E-state index in [9.17, 15) is 23.9 Å². The maximum absolute atomic E-state index is 14.4. The van der Waals surface area contributed by atoms with Gasteiger partial charge < -0.3 is 24.6 Å². The molecule has 3 heterocycles. The zero-order valence-corrected chi connectivity index (χ0v) is 18.9. The summed E-state index contributed by atoms with van der Waals surface area (Å²) in [6.07, 6.45) is 1.54. The quantitative estimate of drug-likeness (QED) is 0.596.